The van der Waals surface area contributed by atoms with Crippen LogP contribution in [0.4, 0.5) is 17.1 Å². The highest BCUT2D eigenvalue weighted by Crippen LogP contribution is 2.47. The van der Waals surface area contributed by atoms with Crippen LogP contribution in [0.15, 0.2) is 218 Å². The number of nitrogens with zero attached hydrogens (tertiary/aromatic N) is 2. The third-order valence-corrected chi connectivity index (χ3v) is 14.3. The molecule has 12 aromatic rings. The van der Waals surface area contributed by atoms with E-state index in [9.17, 15) is 0 Å². The lowest BCUT2D eigenvalue weighted by atomic mass is 9.85. The first kappa shape index (κ1) is 41.5. The maximum Gasteiger partial charge on any atom is 0.0541 e. The van der Waals surface area contributed by atoms with Crippen molar-refractivity contribution in [2.45, 2.75) is 52.4 Å². The molecular weight excluding hydrogens is 821 g/mol. The van der Waals surface area contributed by atoms with Crippen molar-refractivity contribution in [1.82, 2.24) is 4.57 Å². The zero-order valence-electron chi connectivity index (χ0n) is 39.7. The molecule has 68 heavy (non-hydrogen) atoms. The number of hydrogen-bond acceptors (Lipinski definition) is 1. The standard InChI is InChI=1S/C66H54N2/c1-65(2,3)51-30-38-61-57(41-51)58-42-52(66(4,5)6)31-39-62(58)68(61)60-37-29-49-26-34-55-59(36-28-48-27-35-56(60)64(49)63(48)55)67(54-19-13-18-50(40-54)44-16-11-8-12-17-44)53-32-24-47(25-33-53)46-22-20-45(21-23-46)43-14-9-7-10-15-43/h7-42H,1-6H3. The Morgan fingerprint density at radius 3 is 1.34 bits per heavy atom. The lowest BCUT2D eigenvalue weighted by Gasteiger charge is -2.28. The fourth-order valence-corrected chi connectivity index (χ4v) is 10.5. The molecule has 0 amide bonds. The van der Waals surface area contributed by atoms with Crippen LogP contribution in [0.5, 0.6) is 0 Å². The first-order valence-electron chi connectivity index (χ1n) is 24.0. The van der Waals surface area contributed by atoms with Gasteiger partial charge in [-0.1, -0.05) is 199 Å². The van der Waals surface area contributed by atoms with Crippen molar-refractivity contribution in [3.63, 3.8) is 0 Å². The van der Waals surface area contributed by atoms with E-state index < -0.39 is 0 Å². The Labute approximate surface area is 399 Å². The van der Waals surface area contributed by atoms with Crippen molar-refractivity contribution in [3.05, 3.63) is 230 Å². The molecule has 0 bridgehead atoms. The molecule has 0 saturated carbocycles. The van der Waals surface area contributed by atoms with Crippen molar-refractivity contribution in [1.29, 1.82) is 0 Å². The lowest BCUT2D eigenvalue weighted by Crippen LogP contribution is -2.11. The van der Waals surface area contributed by atoms with E-state index in [1.54, 1.807) is 0 Å². The highest BCUT2D eigenvalue weighted by molar-refractivity contribution is 6.27. The highest BCUT2D eigenvalue weighted by atomic mass is 15.1. The molecule has 0 aliphatic rings. The molecule has 0 spiro atoms. The molecule has 12 rings (SSSR count). The van der Waals surface area contributed by atoms with Crippen LogP contribution in [0, 0.1) is 0 Å². The Bertz CT molecular complexity index is 3750. The molecule has 0 atom stereocenters. The van der Waals surface area contributed by atoms with Crippen molar-refractivity contribution < 1.29 is 0 Å². The second-order valence-corrected chi connectivity index (χ2v) is 20.6. The predicted molar refractivity (Wildman–Crippen MR) is 293 cm³/mol. The number of anilines is 3. The molecule has 0 aliphatic carbocycles. The van der Waals surface area contributed by atoms with Crippen LogP contribution >= 0.6 is 0 Å². The Morgan fingerprint density at radius 1 is 0.324 bits per heavy atom. The summed E-state index contributed by atoms with van der Waals surface area (Å²) in [5.74, 6) is 0. The second-order valence-electron chi connectivity index (χ2n) is 20.6. The van der Waals surface area contributed by atoms with Crippen molar-refractivity contribution in [3.8, 4) is 39.1 Å². The van der Waals surface area contributed by atoms with Gasteiger partial charge in [-0.3, -0.25) is 0 Å². The topological polar surface area (TPSA) is 8.17 Å². The van der Waals surface area contributed by atoms with Crippen LogP contribution < -0.4 is 4.90 Å². The number of benzene rings is 11. The van der Waals surface area contributed by atoms with Gasteiger partial charge >= 0.3 is 0 Å². The summed E-state index contributed by atoms with van der Waals surface area (Å²) in [5, 5.41) is 10.1. The van der Waals surface area contributed by atoms with Crippen molar-refractivity contribution in [2.75, 3.05) is 4.90 Å². The van der Waals surface area contributed by atoms with E-state index in [1.165, 1.54) is 104 Å². The van der Waals surface area contributed by atoms with Crippen LogP contribution in [0.3, 0.4) is 0 Å². The molecule has 11 aromatic carbocycles. The minimum Gasteiger partial charge on any atom is -0.310 e. The van der Waals surface area contributed by atoms with Crippen LogP contribution in [-0.4, -0.2) is 4.57 Å². The molecule has 0 fully saturated rings. The predicted octanol–water partition coefficient (Wildman–Crippen LogP) is 18.7. The molecule has 0 N–H and O–H groups in total. The Balaban J connectivity index is 1.05. The van der Waals surface area contributed by atoms with Crippen molar-refractivity contribution >= 4 is 71.2 Å². The molecule has 0 radical (unpaired) electrons. The molecule has 328 valence electrons. The summed E-state index contributed by atoms with van der Waals surface area (Å²) < 4.78 is 2.52. The zero-order valence-corrected chi connectivity index (χ0v) is 39.7. The van der Waals surface area contributed by atoms with Crippen LogP contribution in [-0.2, 0) is 10.8 Å². The molecule has 0 saturated heterocycles. The molecule has 2 heteroatoms. The van der Waals surface area contributed by atoms with Gasteiger partial charge in [0, 0.05) is 32.9 Å². The minimum atomic E-state index is 0.0306. The van der Waals surface area contributed by atoms with E-state index in [2.05, 4.69) is 269 Å². The Hall–Kier alpha value is -7.94. The summed E-state index contributed by atoms with van der Waals surface area (Å²) in [6.07, 6.45) is 0. The van der Waals surface area contributed by atoms with Gasteiger partial charge in [0.15, 0.2) is 0 Å². The van der Waals surface area contributed by atoms with Gasteiger partial charge in [-0.15, -0.1) is 0 Å². The SMILES string of the molecule is CC(C)(C)c1ccc2c(c1)c1cc(C(C)(C)C)ccc1n2-c1ccc2ccc3c(N(c4ccc(-c5ccc(-c6ccccc6)cc5)cc4)c4cccc(-c5ccccc5)c4)ccc4ccc1c2c43. The normalized spacial score (nSPS) is 12.3. The third kappa shape index (κ3) is 7.02. The fraction of sp³-hybridized carbons (Fsp3) is 0.121. The minimum absolute atomic E-state index is 0.0306. The summed E-state index contributed by atoms with van der Waals surface area (Å²) in [6.45, 7) is 13.9. The second kappa shape index (κ2) is 15.9. The fourth-order valence-electron chi connectivity index (χ4n) is 10.5. The van der Waals surface area contributed by atoms with Gasteiger partial charge < -0.3 is 9.47 Å². The van der Waals surface area contributed by atoms with Gasteiger partial charge in [-0.25, -0.2) is 0 Å². The highest BCUT2D eigenvalue weighted by Gasteiger charge is 2.24. The van der Waals surface area contributed by atoms with Gasteiger partial charge in [0.25, 0.3) is 0 Å². The van der Waals surface area contributed by atoms with Gasteiger partial charge in [0.1, 0.15) is 0 Å². The zero-order chi connectivity index (χ0) is 46.3. The summed E-state index contributed by atoms with van der Waals surface area (Å²) in [7, 11) is 0. The van der Waals surface area contributed by atoms with E-state index in [4.69, 9.17) is 0 Å². The Morgan fingerprint density at radius 2 is 0.779 bits per heavy atom. The number of fused-ring (bicyclic) bond motifs is 3. The molecule has 0 aliphatic heterocycles. The van der Waals surface area contributed by atoms with Crippen LogP contribution in [0.1, 0.15) is 52.7 Å². The van der Waals surface area contributed by atoms with E-state index >= 15 is 0 Å². The number of hydrogen-bond donors (Lipinski definition) is 0. The van der Waals surface area contributed by atoms with E-state index in [0.29, 0.717) is 0 Å². The maximum atomic E-state index is 2.52. The van der Waals surface area contributed by atoms with E-state index in [0.717, 1.165) is 17.1 Å². The van der Waals surface area contributed by atoms with Crippen molar-refractivity contribution in [2.24, 2.45) is 0 Å². The Kier molecular flexibility index (Phi) is 9.67. The average Bonchev–Trinajstić information content (AvgIpc) is 3.69. The van der Waals surface area contributed by atoms with Crippen LogP contribution in [0.2, 0.25) is 0 Å². The maximum absolute atomic E-state index is 2.52. The smallest absolute Gasteiger partial charge is 0.0541 e. The quantitative estimate of drug-likeness (QED) is 0.145. The molecule has 1 aromatic heterocycles. The van der Waals surface area contributed by atoms with Gasteiger partial charge in [-0.05, 0) is 138 Å². The molecular formula is C66H54N2. The molecule has 1 heterocycles. The monoisotopic (exact) mass is 874 g/mol. The summed E-state index contributed by atoms with van der Waals surface area (Å²) in [6, 6.07) is 81.2. The van der Waals surface area contributed by atoms with Gasteiger partial charge in [-0.2, -0.15) is 0 Å². The van der Waals surface area contributed by atoms with Gasteiger partial charge in [0.05, 0.1) is 22.4 Å². The van der Waals surface area contributed by atoms with Gasteiger partial charge in [0.2, 0.25) is 0 Å². The van der Waals surface area contributed by atoms with Crippen LogP contribution in [0.25, 0.3) is 93.2 Å². The first-order valence-corrected chi connectivity index (χ1v) is 24.0. The third-order valence-electron chi connectivity index (χ3n) is 14.3. The average molecular weight is 875 g/mol. The first-order chi connectivity index (χ1) is 33.0. The summed E-state index contributed by atoms with van der Waals surface area (Å²) >= 11 is 0. The molecule has 0 unspecified atom stereocenters. The summed E-state index contributed by atoms with van der Waals surface area (Å²) in [5.41, 5.74) is 17.0. The van der Waals surface area contributed by atoms with E-state index in [1.807, 2.05) is 0 Å². The number of rotatable bonds is 7. The number of aromatic nitrogens is 1. The van der Waals surface area contributed by atoms with E-state index in [-0.39, 0.29) is 10.8 Å². The summed E-state index contributed by atoms with van der Waals surface area (Å²) in [4.78, 5) is 2.45. The lowest BCUT2D eigenvalue weighted by molar-refractivity contribution is 0.590. The molecule has 2 nitrogen and oxygen atoms in total. The largest absolute Gasteiger partial charge is 0.310 e.